The summed E-state index contributed by atoms with van der Waals surface area (Å²) < 4.78 is 16.2. The van der Waals surface area contributed by atoms with Gasteiger partial charge in [-0.3, -0.25) is 9.69 Å². The Labute approximate surface area is 204 Å². The van der Waals surface area contributed by atoms with Crippen molar-refractivity contribution in [3.8, 4) is 0 Å². The van der Waals surface area contributed by atoms with E-state index in [9.17, 15) is 9.18 Å². The number of hydrogen-bond acceptors (Lipinski definition) is 6. The third-order valence-corrected chi connectivity index (χ3v) is 6.21. The molecule has 0 unspecified atom stereocenters. The van der Waals surface area contributed by atoms with Crippen molar-refractivity contribution in [3.05, 3.63) is 59.9 Å². The van der Waals surface area contributed by atoms with Gasteiger partial charge < -0.3 is 20.3 Å². The maximum atomic E-state index is 12.1. The number of piperidine rings is 1. The summed E-state index contributed by atoms with van der Waals surface area (Å²) in [5, 5.41) is 0. The zero-order chi connectivity index (χ0) is 24.8. The summed E-state index contributed by atoms with van der Waals surface area (Å²) in [4.78, 5) is 16.7. The molecule has 0 aliphatic carbocycles. The summed E-state index contributed by atoms with van der Waals surface area (Å²) in [6.07, 6.45) is 2.73. The van der Waals surface area contributed by atoms with Crippen molar-refractivity contribution in [2.75, 3.05) is 70.1 Å². The van der Waals surface area contributed by atoms with Gasteiger partial charge in [-0.25, -0.2) is 4.39 Å². The number of ether oxygens (including phenoxy) is 1. The van der Waals surface area contributed by atoms with Crippen molar-refractivity contribution in [2.45, 2.75) is 26.7 Å². The van der Waals surface area contributed by atoms with E-state index in [0.717, 1.165) is 30.3 Å². The van der Waals surface area contributed by atoms with Gasteiger partial charge in [-0.15, -0.1) is 0 Å². The Bertz CT molecular complexity index is 797. The lowest BCUT2D eigenvalue weighted by atomic mass is 9.96. The second kappa shape index (κ2) is 15.3. The second-order valence-corrected chi connectivity index (χ2v) is 8.98. The summed E-state index contributed by atoms with van der Waals surface area (Å²) >= 11 is 0. The number of aryl methyl sites for hydroxylation is 1. The van der Waals surface area contributed by atoms with Crippen LogP contribution >= 0.6 is 0 Å². The Morgan fingerprint density at radius 2 is 1.68 bits per heavy atom. The lowest BCUT2D eigenvalue weighted by molar-refractivity contribution is -0.128. The third-order valence-electron chi connectivity index (χ3n) is 6.21. The largest absolute Gasteiger partial charge is 0.468 e. The minimum absolute atomic E-state index is 0.171. The molecule has 2 aromatic carbocycles. The van der Waals surface area contributed by atoms with E-state index < -0.39 is 0 Å². The van der Waals surface area contributed by atoms with Crippen molar-refractivity contribution in [1.82, 2.24) is 9.80 Å². The smallest absolute Gasteiger partial charge is 0.293 e. The number of likely N-dealkylation sites (tertiary alicyclic amines) is 1. The highest BCUT2D eigenvalue weighted by atomic mass is 19.1. The zero-order valence-corrected chi connectivity index (χ0v) is 21.0. The first-order valence-corrected chi connectivity index (χ1v) is 12.2. The average molecular weight is 473 g/mol. The first-order chi connectivity index (χ1) is 16.4. The minimum Gasteiger partial charge on any atom is -0.468 e. The van der Waals surface area contributed by atoms with Crippen LogP contribution < -0.4 is 10.6 Å². The fraction of sp³-hybridized carbons (Fsp3) is 0.519. The summed E-state index contributed by atoms with van der Waals surface area (Å²) in [5.41, 5.74) is 9.11. The number of piperazine rings is 1. The highest BCUT2D eigenvalue weighted by Crippen LogP contribution is 2.21. The van der Waals surface area contributed by atoms with Crippen LogP contribution in [0.25, 0.3) is 0 Å². The van der Waals surface area contributed by atoms with Crippen LogP contribution in [0.1, 0.15) is 25.3 Å². The summed E-state index contributed by atoms with van der Waals surface area (Å²) in [7, 11) is 2.24. The van der Waals surface area contributed by atoms with Gasteiger partial charge in [0.1, 0.15) is 5.82 Å². The van der Waals surface area contributed by atoms with Crippen molar-refractivity contribution >= 4 is 17.8 Å². The SMILES string of the molecule is CCOC=O.CN1CCC(CN2CCN(c3cccc(N)c3)CC2)CC1.Cc1ccc(F)cc1. The molecule has 0 aromatic heterocycles. The molecular formula is C27H41FN4O2. The van der Waals surface area contributed by atoms with Gasteiger partial charge in [-0.05, 0) is 83.1 Å². The molecule has 0 amide bonds. The van der Waals surface area contributed by atoms with Gasteiger partial charge in [-0.1, -0.05) is 23.8 Å². The first-order valence-electron chi connectivity index (χ1n) is 12.2. The van der Waals surface area contributed by atoms with Crippen LogP contribution in [0.15, 0.2) is 48.5 Å². The van der Waals surface area contributed by atoms with Crippen LogP contribution in [0.2, 0.25) is 0 Å². The van der Waals surface area contributed by atoms with Gasteiger partial charge in [0, 0.05) is 44.1 Å². The van der Waals surface area contributed by atoms with Crippen LogP contribution in [-0.2, 0) is 9.53 Å². The van der Waals surface area contributed by atoms with Crippen LogP contribution in [0.3, 0.4) is 0 Å². The number of carbonyl (C=O) groups excluding carboxylic acids is 1. The van der Waals surface area contributed by atoms with Crippen LogP contribution in [0.5, 0.6) is 0 Å². The molecule has 0 atom stereocenters. The van der Waals surface area contributed by atoms with Gasteiger partial charge >= 0.3 is 0 Å². The highest BCUT2D eigenvalue weighted by molar-refractivity contribution is 5.56. The number of hydrogen-bond donors (Lipinski definition) is 1. The quantitative estimate of drug-likeness (QED) is 0.523. The molecule has 188 valence electrons. The van der Waals surface area contributed by atoms with E-state index in [1.54, 1.807) is 19.1 Å². The Kier molecular flexibility index (Phi) is 12.4. The predicted molar refractivity (Wildman–Crippen MR) is 139 cm³/mol. The second-order valence-electron chi connectivity index (χ2n) is 8.98. The lowest BCUT2D eigenvalue weighted by Crippen LogP contribution is -2.48. The third kappa shape index (κ3) is 10.5. The number of halogens is 1. The van der Waals surface area contributed by atoms with Gasteiger partial charge in [0.2, 0.25) is 0 Å². The number of carbonyl (C=O) groups is 1. The molecule has 2 aliphatic heterocycles. The molecule has 0 radical (unpaired) electrons. The average Bonchev–Trinajstić information content (AvgIpc) is 2.84. The fourth-order valence-electron chi connectivity index (χ4n) is 4.12. The monoisotopic (exact) mass is 472 g/mol. The molecule has 4 rings (SSSR count). The first kappa shape index (κ1) is 27.6. The van der Waals surface area contributed by atoms with Crippen molar-refractivity contribution < 1.29 is 13.9 Å². The molecule has 0 bridgehead atoms. The Morgan fingerprint density at radius 3 is 2.18 bits per heavy atom. The molecule has 2 fully saturated rings. The molecule has 0 saturated carbocycles. The molecule has 2 saturated heterocycles. The van der Waals surface area contributed by atoms with Crippen molar-refractivity contribution in [2.24, 2.45) is 5.92 Å². The van der Waals surface area contributed by atoms with E-state index in [0.29, 0.717) is 13.1 Å². The summed E-state index contributed by atoms with van der Waals surface area (Å²) in [6.45, 7) is 13.0. The predicted octanol–water partition coefficient (Wildman–Crippen LogP) is 4.05. The van der Waals surface area contributed by atoms with Crippen LogP contribution in [-0.4, -0.2) is 75.7 Å². The van der Waals surface area contributed by atoms with Crippen LogP contribution in [0.4, 0.5) is 15.8 Å². The number of nitrogens with two attached hydrogens (primary N) is 1. The van der Waals surface area contributed by atoms with Gasteiger partial charge in [0.15, 0.2) is 0 Å². The lowest BCUT2D eigenvalue weighted by Gasteiger charge is -2.39. The minimum atomic E-state index is -0.171. The molecule has 7 heteroatoms. The molecule has 34 heavy (non-hydrogen) atoms. The van der Waals surface area contributed by atoms with E-state index >= 15 is 0 Å². The van der Waals surface area contributed by atoms with Gasteiger partial charge in [0.05, 0.1) is 6.61 Å². The molecule has 2 aromatic rings. The normalized spacial score (nSPS) is 17.1. The highest BCUT2D eigenvalue weighted by Gasteiger charge is 2.22. The van der Waals surface area contributed by atoms with Gasteiger partial charge in [-0.2, -0.15) is 0 Å². The maximum absolute atomic E-state index is 12.1. The van der Waals surface area contributed by atoms with E-state index in [4.69, 9.17) is 5.73 Å². The zero-order valence-electron chi connectivity index (χ0n) is 21.0. The van der Waals surface area contributed by atoms with E-state index in [2.05, 4.69) is 44.7 Å². The number of anilines is 2. The van der Waals surface area contributed by atoms with Crippen molar-refractivity contribution in [1.29, 1.82) is 0 Å². The number of benzene rings is 2. The fourth-order valence-corrected chi connectivity index (χ4v) is 4.12. The van der Waals surface area contributed by atoms with Crippen LogP contribution in [0, 0.1) is 18.7 Å². The van der Waals surface area contributed by atoms with Crippen molar-refractivity contribution in [3.63, 3.8) is 0 Å². The van der Waals surface area contributed by atoms with E-state index in [1.165, 1.54) is 63.4 Å². The van der Waals surface area contributed by atoms with Gasteiger partial charge in [0.25, 0.3) is 6.47 Å². The number of rotatable bonds is 5. The molecule has 0 spiro atoms. The van der Waals surface area contributed by atoms with E-state index in [1.807, 2.05) is 13.0 Å². The summed E-state index contributed by atoms with van der Waals surface area (Å²) in [5.74, 6) is 0.732. The Balaban J connectivity index is 0.000000258. The number of nitrogen functional groups attached to an aromatic ring is 1. The molecule has 6 nitrogen and oxygen atoms in total. The maximum Gasteiger partial charge on any atom is 0.293 e. The molecule has 2 aliphatic rings. The Hall–Kier alpha value is -2.64. The molecule has 2 heterocycles. The molecular weight excluding hydrogens is 431 g/mol. The topological polar surface area (TPSA) is 62.0 Å². The molecule has 2 N–H and O–H groups in total. The summed E-state index contributed by atoms with van der Waals surface area (Å²) in [6, 6.07) is 14.7. The number of nitrogens with zero attached hydrogens (tertiary/aromatic N) is 3. The van der Waals surface area contributed by atoms with E-state index in [-0.39, 0.29) is 5.82 Å². The standard InChI is InChI=1S/C17H28N4.C7H7F.C3H6O2/c1-19-7-5-15(6-8-19)14-20-9-11-21(12-10-20)17-4-2-3-16(18)13-17;1-6-2-4-7(8)5-3-6;1-2-5-3-4/h2-4,13,15H,5-12,14,18H2,1H3;2-5H,1H3;3H,2H2,1H3. The Morgan fingerprint density at radius 1 is 1.03 bits per heavy atom.